The average Bonchev–Trinajstić information content (AvgIpc) is 2.63. The molecule has 100 valence electrons. The topological polar surface area (TPSA) is 45.4 Å². The van der Waals surface area contributed by atoms with Gasteiger partial charge in [0.1, 0.15) is 0 Å². The van der Waals surface area contributed by atoms with E-state index < -0.39 is 0 Å². The summed E-state index contributed by atoms with van der Waals surface area (Å²) in [6.45, 7) is 6.59. The molecule has 0 spiro atoms. The molecule has 1 aliphatic rings. The van der Waals surface area contributed by atoms with Gasteiger partial charge >= 0.3 is 0 Å². The maximum absolute atomic E-state index is 5.98. The third kappa shape index (κ3) is 3.21. The van der Waals surface area contributed by atoms with Gasteiger partial charge in [-0.15, -0.1) is 0 Å². The zero-order valence-corrected chi connectivity index (χ0v) is 11.5. The second-order valence-electron chi connectivity index (χ2n) is 5.10. The van der Waals surface area contributed by atoms with E-state index in [1.54, 1.807) is 0 Å². The Morgan fingerprint density at radius 2 is 2.11 bits per heavy atom. The van der Waals surface area contributed by atoms with E-state index in [9.17, 15) is 0 Å². The molecule has 1 aromatic rings. The molecule has 2 heterocycles. The molecule has 1 aliphatic heterocycles. The highest BCUT2D eigenvalue weighted by Gasteiger charge is 2.13. The summed E-state index contributed by atoms with van der Waals surface area (Å²) in [6.07, 6.45) is 4.11. The number of pyridine rings is 1. The Kier molecular flexibility index (Phi) is 4.55. The summed E-state index contributed by atoms with van der Waals surface area (Å²) >= 11 is 0. The summed E-state index contributed by atoms with van der Waals surface area (Å²) in [6, 6.07) is 4.29. The molecule has 1 aromatic heterocycles. The molecule has 1 fully saturated rings. The van der Waals surface area contributed by atoms with Crippen molar-refractivity contribution in [2.75, 3.05) is 38.1 Å². The van der Waals surface area contributed by atoms with E-state index in [1.165, 1.54) is 18.7 Å². The van der Waals surface area contributed by atoms with Crippen LogP contribution in [0.3, 0.4) is 0 Å². The van der Waals surface area contributed by atoms with Crippen LogP contribution in [0.1, 0.15) is 31.5 Å². The van der Waals surface area contributed by atoms with E-state index in [-0.39, 0.29) is 6.04 Å². The monoisotopic (exact) mass is 248 g/mol. The highest BCUT2D eigenvalue weighted by Crippen LogP contribution is 2.18. The van der Waals surface area contributed by atoms with Crippen molar-refractivity contribution < 1.29 is 0 Å². The van der Waals surface area contributed by atoms with Crippen LogP contribution in [0.2, 0.25) is 0 Å². The standard InChI is InChI=1S/C14H24N4/c1-3-13(15)14-6-5-12(11-16-14)18-8-4-7-17(2)9-10-18/h5-6,11,13H,3-4,7-10,15H2,1-2H3/t13-/m0/s1. The van der Waals surface area contributed by atoms with Gasteiger partial charge in [-0.2, -0.15) is 0 Å². The van der Waals surface area contributed by atoms with Crippen LogP contribution in [-0.2, 0) is 0 Å². The minimum atomic E-state index is 0.0642. The van der Waals surface area contributed by atoms with E-state index in [4.69, 9.17) is 5.73 Å². The zero-order chi connectivity index (χ0) is 13.0. The van der Waals surface area contributed by atoms with Gasteiger partial charge in [0.05, 0.1) is 17.6 Å². The molecule has 18 heavy (non-hydrogen) atoms. The first kappa shape index (κ1) is 13.3. The Hall–Kier alpha value is -1.13. The minimum absolute atomic E-state index is 0.0642. The second kappa shape index (κ2) is 6.16. The van der Waals surface area contributed by atoms with Gasteiger partial charge in [-0.05, 0) is 38.6 Å². The average molecular weight is 248 g/mol. The number of nitrogens with zero attached hydrogens (tertiary/aromatic N) is 3. The van der Waals surface area contributed by atoms with E-state index in [0.29, 0.717) is 0 Å². The van der Waals surface area contributed by atoms with Crippen LogP contribution in [0.15, 0.2) is 18.3 Å². The van der Waals surface area contributed by atoms with E-state index in [1.807, 2.05) is 6.20 Å². The van der Waals surface area contributed by atoms with Crippen molar-refractivity contribution in [2.45, 2.75) is 25.8 Å². The van der Waals surface area contributed by atoms with E-state index in [0.717, 1.165) is 31.7 Å². The predicted molar refractivity (Wildman–Crippen MR) is 75.8 cm³/mol. The zero-order valence-electron chi connectivity index (χ0n) is 11.5. The number of aromatic nitrogens is 1. The number of rotatable bonds is 3. The van der Waals surface area contributed by atoms with Gasteiger partial charge < -0.3 is 15.5 Å². The van der Waals surface area contributed by atoms with Gasteiger partial charge in [0, 0.05) is 25.7 Å². The lowest BCUT2D eigenvalue weighted by Crippen LogP contribution is -2.28. The van der Waals surface area contributed by atoms with E-state index in [2.05, 4.69) is 40.9 Å². The maximum Gasteiger partial charge on any atom is 0.0572 e. The van der Waals surface area contributed by atoms with Gasteiger partial charge in [-0.3, -0.25) is 4.98 Å². The van der Waals surface area contributed by atoms with Crippen LogP contribution in [0, 0.1) is 0 Å². The summed E-state index contributed by atoms with van der Waals surface area (Å²) < 4.78 is 0. The molecule has 2 N–H and O–H groups in total. The number of hydrogen-bond donors (Lipinski definition) is 1. The summed E-state index contributed by atoms with van der Waals surface area (Å²) in [5.41, 5.74) is 8.20. The van der Waals surface area contributed by atoms with E-state index >= 15 is 0 Å². The number of anilines is 1. The highest BCUT2D eigenvalue weighted by molar-refractivity contribution is 5.45. The predicted octanol–water partition coefficient (Wildman–Crippen LogP) is 1.63. The van der Waals surface area contributed by atoms with Gasteiger partial charge in [0.15, 0.2) is 0 Å². The first-order valence-corrected chi connectivity index (χ1v) is 6.85. The lowest BCUT2D eigenvalue weighted by molar-refractivity contribution is 0.360. The lowest BCUT2D eigenvalue weighted by atomic mass is 10.1. The molecule has 1 saturated heterocycles. The molecule has 0 amide bonds. The largest absolute Gasteiger partial charge is 0.369 e. The van der Waals surface area contributed by atoms with Crippen molar-refractivity contribution in [3.05, 3.63) is 24.0 Å². The van der Waals surface area contributed by atoms with Gasteiger partial charge in [-0.1, -0.05) is 6.92 Å². The molecule has 4 nitrogen and oxygen atoms in total. The Morgan fingerprint density at radius 1 is 1.28 bits per heavy atom. The van der Waals surface area contributed by atoms with Crippen LogP contribution in [0.5, 0.6) is 0 Å². The molecular formula is C14H24N4. The minimum Gasteiger partial charge on any atom is -0.369 e. The molecule has 0 aromatic carbocycles. The van der Waals surface area contributed by atoms with Gasteiger partial charge in [0.25, 0.3) is 0 Å². The molecule has 0 radical (unpaired) electrons. The summed E-state index contributed by atoms with van der Waals surface area (Å²) in [7, 11) is 2.19. The summed E-state index contributed by atoms with van der Waals surface area (Å²) in [4.78, 5) is 9.29. The number of hydrogen-bond acceptors (Lipinski definition) is 4. The molecule has 4 heteroatoms. The van der Waals surface area contributed by atoms with Crippen molar-refractivity contribution in [3.63, 3.8) is 0 Å². The first-order chi connectivity index (χ1) is 8.70. The quantitative estimate of drug-likeness (QED) is 0.883. The fourth-order valence-electron chi connectivity index (χ4n) is 2.32. The van der Waals surface area contributed by atoms with Crippen molar-refractivity contribution >= 4 is 5.69 Å². The Labute approximate surface area is 110 Å². The van der Waals surface area contributed by atoms with Crippen LogP contribution < -0.4 is 10.6 Å². The fraction of sp³-hybridized carbons (Fsp3) is 0.643. The van der Waals surface area contributed by atoms with Crippen LogP contribution in [0.25, 0.3) is 0 Å². The summed E-state index contributed by atoms with van der Waals surface area (Å²) in [5, 5.41) is 0. The normalized spacial score (nSPS) is 19.6. The molecule has 0 saturated carbocycles. The first-order valence-electron chi connectivity index (χ1n) is 6.85. The van der Waals surface area contributed by atoms with Crippen molar-refractivity contribution in [1.29, 1.82) is 0 Å². The molecule has 1 atom stereocenters. The van der Waals surface area contributed by atoms with Gasteiger partial charge in [0.2, 0.25) is 0 Å². The molecule has 2 rings (SSSR count). The second-order valence-corrected chi connectivity index (χ2v) is 5.10. The SMILES string of the molecule is CC[C@H](N)c1ccc(N2CCCN(C)CC2)cn1. The number of likely N-dealkylation sites (N-methyl/N-ethyl adjacent to an activating group) is 1. The third-order valence-electron chi connectivity index (χ3n) is 3.68. The Balaban J connectivity index is 2.04. The van der Waals surface area contributed by atoms with Gasteiger partial charge in [-0.25, -0.2) is 0 Å². The van der Waals surface area contributed by atoms with Crippen LogP contribution >= 0.6 is 0 Å². The maximum atomic E-state index is 5.98. The molecule has 0 bridgehead atoms. The van der Waals surface area contributed by atoms with Crippen molar-refractivity contribution in [3.8, 4) is 0 Å². The smallest absolute Gasteiger partial charge is 0.0572 e. The fourth-order valence-corrected chi connectivity index (χ4v) is 2.32. The molecule has 0 unspecified atom stereocenters. The molecular weight excluding hydrogens is 224 g/mol. The van der Waals surface area contributed by atoms with Crippen LogP contribution in [-0.4, -0.2) is 43.1 Å². The Morgan fingerprint density at radius 3 is 2.78 bits per heavy atom. The molecule has 0 aliphatic carbocycles. The summed E-state index contributed by atoms with van der Waals surface area (Å²) in [5.74, 6) is 0. The Bertz CT molecular complexity index is 363. The van der Waals surface area contributed by atoms with Crippen molar-refractivity contribution in [1.82, 2.24) is 9.88 Å². The highest BCUT2D eigenvalue weighted by atomic mass is 15.2. The lowest BCUT2D eigenvalue weighted by Gasteiger charge is -2.22. The van der Waals surface area contributed by atoms with Crippen LogP contribution in [0.4, 0.5) is 5.69 Å². The number of nitrogens with two attached hydrogens (primary N) is 1. The third-order valence-corrected chi connectivity index (χ3v) is 3.68. The van der Waals surface area contributed by atoms with Crippen molar-refractivity contribution in [2.24, 2.45) is 5.73 Å².